The van der Waals surface area contributed by atoms with E-state index in [0.29, 0.717) is 11.5 Å². The quantitative estimate of drug-likeness (QED) is 0.887. The highest BCUT2D eigenvalue weighted by molar-refractivity contribution is 7.09. The summed E-state index contributed by atoms with van der Waals surface area (Å²) in [7, 11) is 0. The van der Waals surface area contributed by atoms with Crippen molar-refractivity contribution >= 4 is 11.3 Å². The smallest absolute Gasteiger partial charge is 0.0937 e. The summed E-state index contributed by atoms with van der Waals surface area (Å²) in [5.74, 6) is 0.858. The minimum atomic E-state index is 0.510. The second-order valence-electron chi connectivity index (χ2n) is 6.24. The zero-order valence-corrected chi connectivity index (χ0v) is 12.0. The summed E-state index contributed by atoms with van der Waals surface area (Å²) in [4.78, 5) is 4.32. The Hall–Kier alpha value is -0.410. The molecule has 1 aromatic heterocycles. The summed E-state index contributed by atoms with van der Waals surface area (Å²) >= 11 is 1.76. The van der Waals surface area contributed by atoms with Crippen molar-refractivity contribution in [1.82, 2.24) is 10.3 Å². The fourth-order valence-electron chi connectivity index (χ4n) is 3.26. The molecule has 0 aromatic carbocycles. The van der Waals surface area contributed by atoms with Gasteiger partial charge in [0.2, 0.25) is 0 Å². The van der Waals surface area contributed by atoms with E-state index in [-0.39, 0.29) is 0 Å². The second-order valence-corrected chi connectivity index (χ2v) is 7.22. The Labute approximate surface area is 109 Å². The van der Waals surface area contributed by atoms with E-state index >= 15 is 0 Å². The minimum Gasteiger partial charge on any atom is -0.314 e. The summed E-state index contributed by atoms with van der Waals surface area (Å²) in [6.07, 6.45) is 6.99. The van der Waals surface area contributed by atoms with Crippen molar-refractivity contribution in [1.29, 1.82) is 0 Å². The van der Waals surface area contributed by atoms with E-state index < -0.39 is 0 Å². The Bertz CT molecular complexity index is 332. The Balaban J connectivity index is 1.75. The SMILES string of the molecule is CC1CC(NCCc2nccs2)CC(C)(C)C1. The van der Waals surface area contributed by atoms with Crippen molar-refractivity contribution in [2.24, 2.45) is 11.3 Å². The molecule has 0 radical (unpaired) electrons. The summed E-state index contributed by atoms with van der Waals surface area (Å²) in [6, 6.07) is 0.703. The highest BCUT2D eigenvalue weighted by Gasteiger charge is 2.31. The van der Waals surface area contributed by atoms with Gasteiger partial charge in [-0.05, 0) is 30.6 Å². The molecule has 1 aromatic rings. The molecule has 96 valence electrons. The molecule has 0 amide bonds. The number of thiazole rings is 1. The van der Waals surface area contributed by atoms with Crippen LogP contribution in [0.1, 0.15) is 45.0 Å². The third-order valence-electron chi connectivity index (χ3n) is 3.64. The zero-order valence-electron chi connectivity index (χ0n) is 11.2. The van der Waals surface area contributed by atoms with E-state index in [4.69, 9.17) is 0 Å². The van der Waals surface area contributed by atoms with Crippen molar-refractivity contribution in [2.45, 2.75) is 52.5 Å². The Kier molecular flexibility index (Phi) is 4.21. The molecule has 0 spiro atoms. The lowest BCUT2D eigenvalue weighted by atomic mass is 9.70. The number of aromatic nitrogens is 1. The molecule has 1 aliphatic rings. The molecule has 0 saturated heterocycles. The number of hydrogen-bond donors (Lipinski definition) is 1. The van der Waals surface area contributed by atoms with Crippen LogP contribution in [-0.2, 0) is 6.42 Å². The maximum atomic E-state index is 4.32. The first kappa shape index (κ1) is 13.0. The molecule has 1 N–H and O–H groups in total. The molecule has 1 fully saturated rings. The second kappa shape index (κ2) is 5.49. The molecule has 1 heterocycles. The highest BCUT2D eigenvalue weighted by atomic mass is 32.1. The van der Waals surface area contributed by atoms with E-state index in [1.807, 2.05) is 6.20 Å². The fraction of sp³-hybridized carbons (Fsp3) is 0.786. The van der Waals surface area contributed by atoms with Crippen molar-refractivity contribution in [2.75, 3.05) is 6.54 Å². The van der Waals surface area contributed by atoms with Gasteiger partial charge in [-0.1, -0.05) is 20.8 Å². The fourth-order valence-corrected chi connectivity index (χ4v) is 3.88. The van der Waals surface area contributed by atoms with Crippen LogP contribution in [0.25, 0.3) is 0 Å². The summed E-state index contributed by atoms with van der Waals surface area (Å²) in [6.45, 7) is 8.26. The van der Waals surface area contributed by atoms with Crippen LogP contribution in [0, 0.1) is 11.3 Å². The van der Waals surface area contributed by atoms with Crippen LogP contribution >= 0.6 is 11.3 Å². The van der Waals surface area contributed by atoms with E-state index in [2.05, 4.69) is 36.5 Å². The standard InChI is InChI=1S/C14H24N2S/c1-11-8-12(10-14(2,3)9-11)15-5-4-13-16-6-7-17-13/h6-7,11-12,15H,4-5,8-10H2,1-3H3. The Morgan fingerprint density at radius 3 is 2.94 bits per heavy atom. The molecular weight excluding hydrogens is 228 g/mol. The van der Waals surface area contributed by atoms with Crippen LogP contribution in [-0.4, -0.2) is 17.6 Å². The van der Waals surface area contributed by atoms with Gasteiger partial charge in [-0.3, -0.25) is 0 Å². The summed E-state index contributed by atoms with van der Waals surface area (Å²) < 4.78 is 0. The molecular formula is C14H24N2S. The Morgan fingerprint density at radius 1 is 1.47 bits per heavy atom. The van der Waals surface area contributed by atoms with Gasteiger partial charge < -0.3 is 5.32 Å². The molecule has 0 bridgehead atoms. The predicted octanol–water partition coefficient (Wildman–Crippen LogP) is 3.49. The highest BCUT2D eigenvalue weighted by Crippen LogP contribution is 2.38. The molecule has 3 heteroatoms. The maximum Gasteiger partial charge on any atom is 0.0937 e. The van der Waals surface area contributed by atoms with Crippen LogP contribution in [0.5, 0.6) is 0 Å². The molecule has 2 atom stereocenters. The van der Waals surface area contributed by atoms with Gasteiger partial charge >= 0.3 is 0 Å². The molecule has 1 aliphatic carbocycles. The van der Waals surface area contributed by atoms with Crippen LogP contribution in [0.15, 0.2) is 11.6 Å². The maximum absolute atomic E-state index is 4.32. The summed E-state index contributed by atoms with van der Waals surface area (Å²) in [5.41, 5.74) is 0.510. The van der Waals surface area contributed by atoms with Gasteiger partial charge in [-0.25, -0.2) is 4.98 Å². The van der Waals surface area contributed by atoms with Gasteiger partial charge in [0.1, 0.15) is 0 Å². The largest absolute Gasteiger partial charge is 0.314 e. The molecule has 1 saturated carbocycles. The van der Waals surface area contributed by atoms with Crippen molar-refractivity contribution < 1.29 is 0 Å². The predicted molar refractivity (Wildman–Crippen MR) is 74.4 cm³/mol. The van der Waals surface area contributed by atoms with E-state index in [9.17, 15) is 0 Å². The van der Waals surface area contributed by atoms with Crippen molar-refractivity contribution in [3.8, 4) is 0 Å². The number of hydrogen-bond acceptors (Lipinski definition) is 3. The van der Waals surface area contributed by atoms with Gasteiger partial charge in [0.15, 0.2) is 0 Å². The van der Waals surface area contributed by atoms with Crippen LogP contribution < -0.4 is 5.32 Å². The van der Waals surface area contributed by atoms with E-state index in [1.165, 1.54) is 24.3 Å². The zero-order chi connectivity index (χ0) is 12.3. The van der Waals surface area contributed by atoms with Crippen molar-refractivity contribution in [3.05, 3.63) is 16.6 Å². The van der Waals surface area contributed by atoms with Gasteiger partial charge in [0, 0.05) is 30.6 Å². The van der Waals surface area contributed by atoms with Gasteiger partial charge in [-0.2, -0.15) is 0 Å². The number of nitrogens with one attached hydrogen (secondary N) is 1. The molecule has 2 nitrogen and oxygen atoms in total. The van der Waals surface area contributed by atoms with Crippen LogP contribution in [0.2, 0.25) is 0 Å². The normalized spacial score (nSPS) is 28.2. The lowest BCUT2D eigenvalue weighted by molar-refractivity contribution is 0.152. The van der Waals surface area contributed by atoms with E-state index in [1.54, 1.807) is 11.3 Å². The topological polar surface area (TPSA) is 24.9 Å². The van der Waals surface area contributed by atoms with Gasteiger partial charge in [0.25, 0.3) is 0 Å². The summed E-state index contributed by atoms with van der Waals surface area (Å²) in [5, 5.41) is 7.02. The monoisotopic (exact) mass is 252 g/mol. The first-order valence-electron chi connectivity index (χ1n) is 6.67. The molecule has 0 aliphatic heterocycles. The number of rotatable bonds is 4. The van der Waals surface area contributed by atoms with Crippen LogP contribution in [0.4, 0.5) is 0 Å². The first-order valence-corrected chi connectivity index (χ1v) is 7.55. The average Bonchev–Trinajstić information content (AvgIpc) is 2.67. The number of nitrogens with zero attached hydrogens (tertiary/aromatic N) is 1. The minimum absolute atomic E-state index is 0.510. The average molecular weight is 252 g/mol. The lowest BCUT2D eigenvalue weighted by Gasteiger charge is -2.39. The van der Waals surface area contributed by atoms with E-state index in [0.717, 1.165) is 18.9 Å². The first-order chi connectivity index (χ1) is 8.05. The van der Waals surface area contributed by atoms with Crippen molar-refractivity contribution in [3.63, 3.8) is 0 Å². The third-order valence-corrected chi connectivity index (χ3v) is 4.48. The molecule has 2 rings (SSSR count). The van der Waals surface area contributed by atoms with Crippen LogP contribution in [0.3, 0.4) is 0 Å². The third kappa shape index (κ3) is 4.07. The van der Waals surface area contributed by atoms with Gasteiger partial charge in [-0.15, -0.1) is 11.3 Å². The van der Waals surface area contributed by atoms with Gasteiger partial charge in [0.05, 0.1) is 5.01 Å². The molecule has 2 unspecified atom stereocenters. The Morgan fingerprint density at radius 2 is 2.29 bits per heavy atom. The lowest BCUT2D eigenvalue weighted by Crippen LogP contribution is -2.40. The molecule has 17 heavy (non-hydrogen) atoms.